The van der Waals surface area contributed by atoms with Gasteiger partial charge in [0.05, 0.1) is 6.10 Å². The zero-order valence-corrected chi connectivity index (χ0v) is 8.06. The van der Waals surface area contributed by atoms with Crippen molar-refractivity contribution in [3.8, 4) is 0 Å². The summed E-state index contributed by atoms with van der Waals surface area (Å²) in [6.45, 7) is 1.62. The molecule has 2 rings (SSSR count). The Morgan fingerprint density at radius 3 is 3.14 bits per heavy atom. The van der Waals surface area contributed by atoms with Crippen LogP contribution >= 0.6 is 0 Å². The van der Waals surface area contributed by atoms with E-state index in [9.17, 15) is 5.11 Å². The molecule has 0 unspecified atom stereocenters. The summed E-state index contributed by atoms with van der Waals surface area (Å²) in [6.07, 6.45) is 3.37. The first-order chi connectivity index (χ1) is 6.75. The summed E-state index contributed by atoms with van der Waals surface area (Å²) < 4.78 is 0. The van der Waals surface area contributed by atoms with E-state index in [1.165, 1.54) is 0 Å². The average molecular weight is 193 g/mol. The number of nitrogen functional groups attached to an aromatic ring is 1. The molecule has 0 amide bonds. The smallest absolute Gasteiger partial charge is 0.130 e. The summed E-state index contributed by atoms with van der Waals surface area (Å²) in [5.74, 6) is 0.865. The van der Waals surface area contributed by atoms with Gasteiger partial charge in [-0.15, -0.1) is 0 Å². The number of aromatic nitrogens is 1. The molecule has 76 valence electrons. The average Bonchev–Trinajstić information content (AvgIpc) is 2.18. The number of hydrogen-bond donors (Lipinski definition) is 2. The van der Waals surface area contributed by atoms with Crippen LogP contribution in [0.25, 0.3) is 0 Å². The molecule has 1 aromatic rings. The first-order valence-electron chi connectivity index (χ1n) is 4.90. The van der Waals surface area contributed by atoms with E-state index in [-0.39, 0.29) is 6.10 Å². The lowest BCUT2D eigenvalue weighted by atomic mass is 10.1. The minimum absolute atomic E-state index is 0.230. The van der Waals surface area contributed by atoms with Crippen LogP contribution in [0.5, 0.6) is 0 Å². The van der Waals surface area contributed by atoms with Gasteiger partial charge in [-0.05, 0) is 18.9 Å². The molecule has 1 aliphatic rings. The fraction of sp³-hybridized carbons (Fsp3) is 0.500. The van der Waals surface area contributed by atoms with Crippen molar-refractivity contribution in [1.29, 1.82) is 0 Å². The van der Waals surface area contributed by atoms with E-state index in [1.807, 2.05) is 6.07 Å². The number of aliphatic hydroxyl groups is 1. The molecule has 0 aliphatic carbocycles. The maximum atomic E-state index is 9.51. The first kappa shape index (κ1) is 9.27. The maximum Gasteiger partial charge on any atom is 0.130 e. The molecule has 1 atom stereocenters. The standard InChI is InChI=1S/C10H15N3O/c11-8-3-4-12-10(6-8)13-5-1-2-9(14)7-13/h3-4,6,9,14H,1-2,5,7H2,(H2,11,12)/t9-/m1/s1. The molecule has 14 heavy (non-hydrogen) atoms. The number of nitrogens with two attached hydrogens (primary N) is 1. The van der Waals surface area contributed by atoms with Gasteiger partial charge in [0.1, 0.15) is 5.82 Å². The fourth-order valence-corrected chi connectivity index (χ4v) is 1.77. The van der Waals surface area contributed by atoms with Gasteiger partial charge in [-0.3, -0.25) is 0 Å². The lowest BCUT2D eigenvalue weighted by Gasteiger charge is -2.31. The third-order valence-electron chi connectivity index (χ3n) is 2.49. The molecule has 0 aromatic carbocycles. The molecule has 0 radical (unpaired) electrons. The van der Waals surface area contributed by atoms with Crippen molar-refractivity contribution < 1.29 is 5.11 Å². The Morgan fingerprint density at radius 2 is 2.43 bits per heavy atom. The summed E-state index contributed by atoms with van der Waals surface area (Å²) in [6, 6.07) is 3.61. The summed E-state index contributed by atoms with van der Waals surface area (Å²) in [4.78, 5) is 6.31. The fourth-order valence-electron chi connectivity index (χ4n) is 1.77. The molecule has 1 aromatic heterocycles. The van der Waals surface area contributed by atoms with Gasteiger partial charge in [0.2, 0.25) is 0 Å². The highest BCUT2D eigenvalue weighted by molar-refractivity contribution is 5.50. The minimum Gasteiger partial charge on any atom is -0.399 e. The van der Waals surface area contributed by atoms with E-state index in [1.54, 1.807) is 12.3 Å². The monoisotopic (exact) mass is 193 g/mol. The highest BCUT2D eigenvalue weighted by Gasteiger charge is 2.18. The number of β-amino-alcohol motifs (C(OH)–C–C–N with tert-alkyl or cyclic N) is 1. The van der Waals surface area contributed by atoms with Crippen LogP contribution in [0.1, 0.15) is 12.8 Å². The molecule has 4 nitrogen and oxygen atoms in total. The van der Waals surface area contributed by atoms with Crippen LogP contribution in [0.3, 0.4) is 0 Å². The molecule has 3 N–H and O–H groups in total. The van der Waals surface area contributed by atoms with Crippen molar-refractivity contribution in [3.05, 3.63) is 18.3 Å². The number of hydrogen-bond acceptors (Lipinski definition) is 4. The van der Waals surface area contributed by atoms with E-state index in [4.69, 9.17) is 5.73 Å². The molecule has 1 fully saturated rings. The van der Waals surface area contributed by atoms with Gasteiger partial charge in [-0.1, -0.05) is 0 Å². The third kappa shape index (κ3) is 1.96. The van der Waals surface area contributed by atoms with Crippen LogP contribution in [0.4, 0.5) is 11.5 Å². The van der Waals surface area contributed by atoms with Gasteiger partial charge in [0.15, 0.2) is 0 Å². The maximum absolute atomic E-state index is 9.51. The van der Waals surface area contributed by atoms with Crippen LogP contribution in [0.15, 0.2) is 18.3 Å². The second-order valence-corrected chi connectivity index (χ2v) is 3.69. The van der Waals surface area contributed by atoms with E-state index in [0.717, 1.165) is 30.9 Å². The number of pyridine rings is 1. The van der Waals surface area contributed by atoms with E-state index in [2.05, 4.69) is 9.88 Å². The lowest BCUT2D eigenvalue weighted by molar-refractivity contribution is 0.154. The van der Waals surface area contributed by atoms with E-state index < -0.39 is 0 Å². The van der Waals surface area contributed by atoms with Gasteiger partial charge >= 0.3 is 0 Å². The van der Waals surface area contributed by atoms with Crippen LogP contribution in [-0.2, 0) is 0 Å². The third-order valence-corrected chi connectivity index (χ3v) is 2.49. The molecule has 4 heteroatoms. The molecule has 2 heterocycles. The second kappa shape index (κ2) is 3.84. The molecular weight excluding hydrogens is 178 g/mol. The van der Waals surface area contributed by atoms with Gasteiger partial charge in [-0.2, -0.15) is 0 Å². The SMILES string of the molecule is Nc1ccnc(N2CCC[C@@H](O)C2)c1. The quantitative estimate of drug-likeness (QED) is 0.686. The Bertz CT molecular complexity index is 316. The molecule has 0 spiro atoms. The van der Waals surface area contributed by atoms with Crippen LogP contribution in [0, 0.1) is 0 Å². The lowest BCUT2D eigenvalue weighted by Crippen LogP contribution is -2.38. The molecule has 1 aliphatic heterocycles. The number of anilines is 2. The first-order valence-corrected chi connectivity index (χ1v) is 4.90. The van der Waals surface area contributed by atoms with E-state index >= 15 is 0 Å². The molecular formula is C10H15N3O. The molecule has 0 bridgehead atoms. The van der Waals surface area contributed by atoms with Crippen LogP contribution in [0.2, 0.25) is 0 Å². The van der Waals surface area contributed by atoms with Crippen molar-refractivity contribution in [2.45, 2.75) is 18.9 Å². The van der Waals surface area contributed by atoms with E-state index in [0.29, 0.717) is 6.54 Å². The summed E-state index contributed by atoms with van der Waals surface area (Å²) in [7, 11) is 0. The minimum atomic E-state index is -0.230. The van der Waals surface area contributed by atoms with Gasteiger partial charge in [0.25, 0.3) is 0 Å². The van der Waals surface area contributed by atoms with Crippen LogP contribution < -0.4 is 10.6 Å². The highest BCUT2D eigenvalue weighted by Crippen LogP contribution is 2.19. The number of piperidine rings is 1. The van der Waals surface area contributed by atoms with Crippen molar-refractivity contribution >= 4 is 11.5 Å². The summed E-state index contributed by atoms with van der Waals surface area (Å²) in [5.41, 5.74) is 6.39. The second-order valence-electron chi connectivity index (χ2n) is 3.69. The number of aliphatic hydroxyl groups excluding tert-OH is 1. The highest BCUT2D eigenvalue weighted by atomic mass is 16.3. The van der Waals surface area contributed by atoms with Crippen LogP contribution in [-0.4, -0.2) is 29.3 Å². The number of nitrogens with zero attached hydrogens (tertiary/aromatic N) is 2. The Kier molecular flexibility index (Phi) is 2.54. The molecule has 0 saturated carbocycles. The summed E-state index contributed by atoms with van der Waals surface area (Å²) in [5, 5.41) is 9.51. The van der Waals surface area contributed by atoms with Gasteiger partial charge in [-0.25, -0.2) is 4.98 Å². The van der Waals surface area contributed by atoms with Gasteiger partial charge < -0.3 is 15.7 Å². The Hall–Kier alpha value is -1.29. The Morgan fingerprint density at radius 1 is 1.57 bits per heavy atom. The summed E-state index contributed by atoms with van der Waals surface area (Å²) >= 11 is 0. The Balaban J connectivity index is 2.14. The normalized spacial score (nSPS) is 22.4. The number of rotatable bonds is 1. The van der Waals surface area contributed by atoms with Crippen molar-refractivity contribution in [2.75, 3.05) is 23.7 Å². The van der Waals surface area contributed by atoms with Crippen molar-refractivity contribution in [3.63, 3.8) is 0 Å². The van der Waals surface area contributed by atoms with Crippen molar-refractivity contribution in [2.24, 2.45) is 0 Å². The predicted molar refractivity (Wildman–Crippen MR) is 56.1 cm³/mol. The Labute approximate surface area is 83.4 Å². The van der Waals surface area contributed by atoms with Crippen molar-refractivity contribution in [1.82, 2.24) is 4.98 Å². The largest absolute Gasteiger partial charge is 0.399 e. The predicted octanol–water partition coefficient (Wildman–Crippen LogP) is 0.625. The topological polar surface area (TPSA) is 62.4 Å². The molecule has 1 saturated heterocycles. The van der Waals surface area contributed by atoms with Gasteiger partial charge in [0, 0.05) is 31.0 Å². The zero-order chi connectivity index (χ0) is 9.97. The zero-order valence-electron chi connectivity index (χ0n) is 8.06.